The van der Waals surface area contributed by atoms with Crippen molar-refractivity contribution in [1.29, 1.82) is 0 Å². The van der Waals surface area contributed by atoms with Gasteiger partial charge in [-0.2, -0.15) is 0 Å². The molecule has 0 aliphatic heterocycles. The standard InChI is InChI=1S/C22H17N3O2S2/c1-13-5-6-14(2)20-19(13)24-22(29-20)25(11-16-4-3-9-27-16)21(26)15-7-8-17-18(10-15)28-12-23-17/h3-10,12H,11H2,1-2H3. The maximum Gasteiger partial charge on any atom is 0.260 e. The van der Waals surface area contributed by atoms with Crippen molar-refractivity contribution < 1.29 is 9.21 Å². The zero-order chi connectivity index (χ0) is 20.0. The van der Waals surface area contributed by atoms with Gasteiger partial charge in [-0.1, -0.05) is 23.5 Å². The van der Waals surface area contributed by atoms with Gasteiger partial charge in [-0.3, -0.25) is 9.69 Å². The third kappa shape index (κ3) is 3.22. The minimum absolute atomic E-state index is 0.105. The van der Waals surface area contributed by atoms with Crippen LogP contribution in [0.2, 0.25) is 0 Å². The predicted octanol–water partition coefficient (Wildman–Crippen LogP) is 5.96. The predicted molar refractivity (Wildman–Crippen MR) is 118 cm³/mol. The molecular formula is C22H17N3O2S2. The molecule has 0 aliphatic carbocycles. The molecule has 5 aromatic rings. The fraction of sp³-hybridized carbons (Fsp3) is 0.136. The molecule has 0 aliphatic rings. The fourth-order valence-electron chi connectivity index (χ4n) is 3.29. The first kappa shape index (κ1) is 18.0. The molecule has 0 atom stereocenters. The smallest absolute Gasteiger partial charge is 0.260 e. The van der Waals surface area contributed by atoms with Crippen molar-refractivity contribution >= 4 is 54.1 Å². The summed E-state index contributed by atoms with van der Waals surface area (Å²) in [7, 11) is 0. The second-order valence-corrected chi connectivity index (χ2v) is 8.74. The Balaban J connectivity index is 1.62. The maximum atomic E-state index is 13.5. The fourth-order valence-corrected chi connectivity index (χ4v) is 5.12. The van der Waals surface area contributed by atoms with E-state index in [0.717, 1.165) is 31.6 Å². The number of carbonyl (C=O) groups is 1. The Kier molecular flexibility index (Phi) is 4.41. The number of anilines is 1. The van der Waals surface area contributed by atoms with Crippen LogP contribution < -0.4 is 4.90 Å². The average molecular weight is 420 g/mol. The van der Waals surface area contributed by atoms with Gasteiger partial charge in [-0.05, 0) is 55.3 Å². The van der Waals surface area contributed by atoms with E-state index in [2.05, 4.69) is 24.0 Å². The van der Waals surface area contributed by atoms with Crippen molar-refractivity contribution in [3.8, 4) is 0 Å². The first-order valence-electron chi connectivity index (χ1n) is 9.14. The number of aromatic nitrogens is 2. The summed E-state index contributed by atoms with van der Waals surface area (Å²) >= 11 is 3.06. The number of carbonyl (C=O) groups excluding carboxylic acids is 1. The van der Waals surface area contributed by atoms with Crippen LogP contribution in [0.3, 0.4) is 0 Å². The summed E-state index contributed by atoms with van der Waals surface area (Å²) in [5.74, 6) is 0.607. The zero-order valence-electron chi connectivity index (χ0n) is 15.9. The number of benzene rings is 2. The van der Waals surface area contributed by atoms with Crippen molar-refractivity contribution in [3.63, 3.8) is 0 Å². The van der Waals surface area contributed by atoms with Gasteiger partial charge >= 0.3 is 0 Å². The molecule has 7 heteroatoms. The van der Waals surface area contributed by atoms with Crippen LogP contribution in [0.25, 0.3) is 20.4 Å². The van der Waals surface area contributed by atoms with Gasteiger partial charge in [0.2, 0.25) is 0 Å². The summed E-state index contributed by atoms with van der Waals surface area (Å²) in [6, 6.07) is 13.5. The second kappa shape index (κ2) is 7.09. The quantitative estimate of drug-likeness (QED) is 0.360. The van der Waals surface area contributed by atoms with E-state index in [4.69, 9.17) is 9.40 Å². The lowest BCUT2D eigenvalue weighted by Crippen LogP contribution is -2.30. The van der Waals surface area contributed by atoms with Gasteiger partial charge in [0.15, 0.2) is 5.13 Å². The number of furan rings is 1. The third-order valence-electron chi connectivity index (χ3n) is 4.88. The molecule has 5 nitrogen and oxygen atoms in total. The summed E-state index contributed by atoms with van der Waals surface area (Å²) in [6.45, 7) is 4.44. The molecule has 3 heterocycles. The Hall–Kier alpha value is -3.03. The van der Waals surface area contributed by atoms with E-state index in [1.807, 2.05) is 37.3 Å². The van der Waals surface area contributed by atoms with Crippen LogP contribution in [0.15, 0.2) is 58.7 Å². The van der Waals surface area contributed by atoms with Gasteiger partial charge in [-0.15, -0.1) is 11.3 Å². The number of fused-ring (bicyclic) bond motifs is 2. The van der Waals surface area contributed by atoms with E-state index in [0.29, 0.717) is 23.0 Å². The number of thiazole rings is 2. The molecule has 144 valence electrons. The monoisotopic (exact) mass is 419 g/mol. The van der Waals surface area contributed by atoms with Crippen molar-refractivity contribution in [1.82, 2.24) is 9.97 Å². The Morgan fingerprint density at radius 2 is 2.00 bits per heavy atom. The molecule has 1 amide bonds. The van der Waals surface area contributed by atoms with Gasteiger partial charge < -0.3 is 4.42 Å². The van der Waals surface area contributed by atoms with Crippen LogP contribution in [0, 0.1) is 13.8 Å². The van der Waals surface area contributed by atoms with Crippen LogP contribution in [0.1, 0.15) is 27.2 Å². The Morgan fingerprint density at radius 3 is 2.79 bits per heavy atom. The van der Waals surface area contributed by atoms with E-state index < -0.39 is 0 Å². The number of nitrogens with zero attached hydrogens (tertiary/aromatic N) is 3. The van der Waals surface area contributed by atoms with Crippen LogP contribution in [-0.2, 0) is 6.54 Å². The summed E-state index contributed by atoms with van der Waals surface area (Å²) in [5.41, 5.74) is 6.51. The Labute approximate surface area is 175 Å². The highest BCUT2D eigenvalue weighted by atomic mass is 32.1. The second-order valence-electron chi connectivity index (χ2n) is 6.88. The lowest BCUT2D eigenvalue weighted by molar-refractivity contribution is 0.0983. The van der Waals surface area contributed by atoms with Crippen molar-refractivity contribution in [2.75, 3.05) is 4.90 Å². The Morgan fingerprint density at radius 1 is 1.14 bits per heavy atom. The highest BCUT2D eigenvalue weighted by Gasteiger charge is 2.24. The SMILES string of the molecule is Cc1ccc(C)c2sc(N(Cc3ccco3)C(=O)c3ccc4ncsc4c3)nc12. The molecule has 0 unspecified atom stereocenters. The molecule has 0 saturated heterocycles. The molecule has 0 spiro atoms. The first-order valence-corrected chi connectivity index (χ1v) is 10.8. The van der Waals surface area contributed by atoms with Gasteiger partial charge in [0.25, 0.3) is 5.91 Å². The van der Waals surface area contributed by atoms with Gasteiger partial charge in [0.1, 0.15) is 5.76 Å². The molecule has 0 saturated carbocycles. The summed E-state index contributed by atoms with van der Waals surface area (Å²) in [5, 5.41) is 0.670. The molecule has 5 rings (SSSR count). The van der Waals surface area contributed by atoms with E-state index in [9.17, 15) is 4.79 Å². The molecule has 0 N–H and O–H groups in total. The molecule has 2 aromatic carbocycles. The molecule has 0 radical (unpaired) electrons. The van der Waals surface area contributed by atoms with Crippen LogP contribution in [-0.4, -0.2) is 15.9 Å². The van der Waals surface area contributed by atoms with E-state index in [-0.39, 0.29) is 5.91 Å². The van der Waals surface area contributed by atoms with E-state index >= 15 is 0 Å². The van der Waals surface area contributed by atoms with Crippen molar-refractivity contribution in [2.45, 2.75) is 20.4 Å². The van der Waals surface area contributed by atoms with Crippen LogP contribution >= 0.6 is 22.7 Å². The summed E-state index contributed by atoms with van der Waals surface area (Å²) in [6.07, 6.45) is 1.62. The largest absolute Gasteiger partial charge is 0.467 e. The molecule has 29 heavy (non-hydrogen) atoms. The van der Waals surface area contributed by atoms with E-state index in [1.165, 1.54) is 22.7 Å². The molecule has 3 aromatic heterocycles. The number of amides is 1. The number of hydrogen-bond acceptors (Lipinski definition) is 6. The van der Waals surface area contributed by atoms with Gasteiger partial charge in [0, 0.05) is 5.56 Å². The third-order valence-corrected chi connectivity index (χ3v) is 6.88. The lowest BCUT2D eigenvalue weighted by atomic mass is 10.1. The van der Waals surface area contributed by atoms with Crippen LogP contribution in [0.4, 0.5) is 5.13 Å². The highest BCUT2D eigenvalue weighted by molar-refractivity contribution is 7.22. The Bertz CT molecular complexity index is 1300. The van der Waals surface area contributed by atoms with Gasteiger partial charge in [-0.25, -0.2) is 9.97 Å². The molecule has 0 fully saturated rings. The minimum Gasteiger partial charge on any atom is -0.467 e. The number of hydrogen-bond donors (Lipinski definition) is 0. The normalized spacial score (nSPS) is 11.4. The van der Waals surface area contributed by atoms with Crippen molar-refractivity contribution in [3.05, 3.63) is 76.7 Å². The molecular weight excluding hydrogens is 402 g/mol. The van der Waals surface area contributed by atoms with E-state index in [1.54, 1.807) is 16.7 Å². The lowest BCUT2D eigenvalue weighted by Gasteiger charge is -2.18. The van der Waals surface area contributed by atoms with Gasteiger partial charge in [0.05, 0.1) is 38.8 Å². The average Bonchev–Trinajstić information content (AvgIpc) is 3.48. The minimum atomic E-state index is -0.105. The van der Waals surface area contributed by atoms with Crippen molar-refractivity contribution in [2.24, 2.45) is 0 Å². The first-order chi connectivity index (χ1) is 14.1. The summed E-state index contributed by atoms with van der Waals surface area (Å²) < 4.78 is 7.62. The topological polar surface area (TPSA) is 59.2 Å². The van der Waals surface area contributed by atoms with Crippen LogP contribution in [0.5, 0.6) is 0 Å². The highest BCUT2D eigenvalue weighted by Crippen LogP contribution is 2.34. The number of rotatable bonds is 4. The summed E-state index contributed by atoms with van der Waals surface area (Å²) in [4.78, 5) is 24.3. The molecule has 0 bridgehead atoms. The maximum absolute atomic E-state index is 13.5. The number of aryl methyl sites for hydroxylation is 2. The zero-order valence-corrected chi connectivity index (χ0v) is 17.5.